The number of nitrogens with one attached hydrogen (secondary N) is 1. The Kier molecular flexibility index (Phi) is 5.41. The van der Waals surface area contributed by atoms with E-state index in [1.54, 1.807) is 43.3 Å². The monoisotopic (exact) mass is 336 g/mol. The number of rotatable bonds is 5. The zero-order chi connectivity index (χ0) is 16.1. The number of anilines is 1. The fourth-order valence-corrected chi connectivity index (χ4v) is 2.77. The van der Waals surface area contributed by atoms with Gasteiger partial charge in [-0.25, -0.2) is 0 Å². The molecule has 0 heterocycles. The minimum absolute atomic E-state index is 0.00976. The van der Waals surface area contributed by atoms with E-state index in [1.165, 1.54) is 6.07 Å². The van der Waals surface area contributed by atoms with Crippen LogP contribution in [0.25, 0.3) is 0 Å². The van der Waals surface area contributed by atoms with Gasteiger partial charge in [0, 0.05) is 6.07 Å². The summed E-state index contributed by atoms with van der Waals surface area (Å²) in [6.45, 7) is 1.78. The van der Waals surface area contributed by atoms with Crippen LogP contribution < -0.4 is 5.32 Å². The Balaban J connectivity index is 2.03. The summed E-state index contributed by atoms with van der Waals surface area (Å²) in [5.74, 6) is -0.206. The minimum atomic E-state index is -0.443. The van der Waals surface area contributed by atoms with Gasteiger partial charge in [0.05, 0.1) is 26.3 Å². The molecule has 1 amide bonds. The van der Waals surface area contributed by atoms with E-state index in [-0.39, 0.29) is 17.3 Å². The lowest BCUT2D eigenvalue weighted by Crippen LogP contribution is -2.14. The summed E-state index contributed by atoms with van der Waals surface area (Å²) in [6, 6.07) is 11.8. The first-order valence-electron chi connectivity index (χ1n) is 6.39. The molecule has 0 aliphatic carbocycles. The molecule has 2 rings (SSSR count). The second kappa shape index (κ2) is 7.29. The average Bonchev–Trinajstić information content (AvgIpc) is 2.48. The fraction of sp³-hybridized carbons (Fsp3) is 0.133. The Morgan fingerprint density at radius 1 is 1.32 bits per heavy atom. The van der Waals surface area contributed by atoms with Crippen molar-refractivity contribution >= 4 is 40.6 Å². The number of nitro benzene ring substituents is 1. The van der Waals surface area contributed by atoms with Crippen molar-refractivity contribution in [1.82, 2.24) is 0 Å². The Hall–Kier alpha value is -2.05. The number of hydrogen-bond acceptors (Lipinski definition) is 4. The van der Waals surface area contributed by atoms with Crippen LogP contribution in [0.1, 0.15) is 5.56 Å². The molecule has 0 fully saturated rings. The Morgan fingerprint density at radius 2 is 2.05 bits per heavy atom. The molecular weight excluding hydrogens is 324 g/mol. The van der Waals surface area contributed by atoms with Crippen LogP contribution in [0.5, 0.6) is 0 Å². The van der Waals surface area contributed by atoms with Crippen LogP contribution in [0, 0.1) is 17.0 Å². The summed E-state index contributed by atoms with van der Waals surface area (Å²) in [6.07, 6.45) is 0. The molecule has 0 unspecified atom stereocenters. The van der Waals surface area contributed by atoms with Crippen molar-refractivity contribution < 1.29 is 9.72 Å². The molecule has 0 atom stereocenters. The molecule has 0 bridgehead atoms. The van der Waals surface area contributed by atoms with Crippen LogP contribution in [0.3, 0.4) is 0 Å². The first-order valence-corrected chi connectivity index (χ1v) is 7.76. The largest absolute Gasteiger partial charge is 0.324 e. The molecule has 22 heavy (non-hydrogen) atoms. The van der Waals surface area contributed by atoms with E-state index in [0.29, 0.717) is 15.6 Å². The Labute approximate surface area is 136 Å². The van der Waals surface area contributed by atoms with Gasteiger partial charge < -0.3 is 5.32 Å². The van der Waals surface area contributed by atoms with E-state index in [9.17, 15) is 14.9 Å². The maximum atomic E-state index is 11.9. The first-order chi connectivity index (χ1) is 10.5. The van der Waals surface area contributed by atoms with Crippen molar-refractivity contribution in [3.05, 3.63) is 63.2 Å². The number of carbonyl (C=O) groups is 1. The number of nitrogens with zero attached hydrogens (tertiary/aromatic N) is 1. The lowest BCUT2D eigenvalue weighted by atomic mass is 10.2. The number of nitro groups is 1. The van der Waals surface area contributed by atoms with Crippen LogP contribution in [-0.2, 0) is 4.79 Å². The molecule has 2 aromatic rings. The number of benzene rings is 2. The zero-order valence-electron chi connectivity index (χ0n) is 11.7. The number of aryl methyl sites for hydroxylation is 1. The molecule has 7 heteroatoms. The number of para-hydroxylation sites is 1. The Bertz CT molecular complexity index is 722. The molecular formula is C15H13ClN2O3S. The lowest BCUT2D eigenvalue weighted by Gasteiger charge is -2.07. The zero-order valence-corrected chi connectivity index (χ0v) is 13.3. The molecule has 5 nitrogen and oxygen atoms in total. The van der Waals surface area contributed by atoms with E-state index in [2.05, 4.69) is 5.32 Å². The molecule has 0 spiro atoms. The van der Waals surface area contributed by atoms with E-state index < -0.39 is 4.92 Å². The highest BCUT2D eigenvalue weighted by Gasteiger charge is 2.15. The number of hydrogen-bond donors (Lipinski definition) is 1. The van der Waals surface area contributed by atoms with E-state index in [4.69, 9.17) is 11.6 Å². The molecule has 0 radical (unpaired) electrons. The van der Waals surface area contributed by atoms with Gasteiger partial charge in [-0.2, -0.15) is 0 Å². The van der Waals surface area contributed by atoms with E-state index in [1.807, 2.05) is 0 Å². The summed E-state index contributed by atoms with van der Waals surface area (Å²) >= 11 is 7.08. The van der Waals surface area contributed by atoms with Gasteiger partial charge in [-0.1, -0.05) is 29.8 Å². The molecule has 2 aromatic carbocycles. The number of thioether (sulfide) groups is 1. The summed E-state index contributed by atoms with van der Waals surface area (Å²) < 4.78 is 0. The van der Waals surface area contributed by atoms with Gasteiger partial charge in [-0.15, -0.1) is 11.8 Å². The predicted molar refractivity (Wildman–Crippen MR) is 88.6 cm³/mol. The van der Waals surface area contributed by atoms with Gasteiger partial charge in [0.25, 0.3) is 5.69 Å². The maximum absolute atomic E-state index is 11.9. The summed E-state index contributed by atoms with van der Waals surface area (Å²) in [4.78, 5) is 23.0. The molecule has 1 N–H and O–H groups in total. The van der Waals surface area contributed by atoms with Crippen molar-refractivity contribution in [1.29, 1.82) is 0 Å². The van der Waals surface area contributed by atoms with Gasteiger partial charge in [0.15, 0.2) is 0 Å². The van der Waals surface area contributed by atoms with E-state index in [0.717, 1.165) is 17.3 Å². The molecule has 114 valence electrons. The minimum Gasteiger partial charge on any atom is -0.324 e. The summed E-state index contributed by atoms with van der Waals surface area (Å²) in [5, 5.41) is 14.2. The van der Waals surface area contributed by atoms with Crippen molar-refractivity contribution in [2.24, 2.45) is 0 Å². The molecule has 0 aliphatic rings. The van der Waals surface area contributed by atoms with E-state index >= 15 is 0 Å². The molecule has 0 saturated heterocycles. The van der Waals surface area contributed by atoms with Crippen LogP contribution in [0.4, 0.5) is 11.4 Å². The van der Waals surface area contributed by atoms with Gasteiger partial charge in [0.2, 0.25) is 5.91 Å². The standard InChI is InChI=1S/C15H13ClN2O3S/c1-10-6-7-14(13(8-10)18(20)21)22-9-15(19)17-12-5-3-2-4-11(12)16/h2-8H,9H2,1H3,(H,17,19). The Morgan fingerprint density at radius 3 is 2.73 bits per heavy atom. The quantitative estimate of drug-likeness (QED) is 0.502. The topological polar surface area (TPSA) is 72.2 Å². The summed E-state index contributed by atoms with van der Waals surface area (Å²) in [5.41, 5.74) is 1.33. The highest BCUT2D eigenvalue weighted by molar-refractivity contribution is 8.00. The second-order valence-electron chi connectivity index (χ2n) is 4.54. The normalized spacial score (nSPS) is 10.3. The highest BCUT2D eigenvalue weighted by atomic mass is 35.5. The molecule has 0 saturated carbocycles. The second-order valence-corrected chi connectivity index (χ2v) is 5.97. The number of amides is 1. The van der Waals surface area contributed by atoms with Crippen LogP contribution in [0.2, 0.25) is 5.02 Å². The predicted octanol–water partition coefficient (Wildman–Crippen LogP) is 4.29. The summed E-state index contributed by atoms with van der Waals surface area (Å²) in [7, 11) is 0. The van der Waals surface area contributed by atoms with Gasteiger partial charge in [0.1, 0.15) is 0 Å². The third-order valence-corrected chi connectivity index (χ3v) is 4.21. The van der Waals surface area contributed by atoms with Crippen molar-refractivity contribution in [2.75, 3.05) is 11.1 Å². The first kappa shape index (κ1) is 16.3. The van der Waals surface area contributed by atoms with Crippen molar-refractivity contribution in [2.45, 2.75) is 11.8 Å². The van der Waals surface area contributed by atoms with Gasteiger partial charge in [-0.3, -0.25) is 14.9 Å². The lowest BCUT2D eigenvalue weighted by molar-refractivity contribution is -0.387. The molecule has 0 aliphatic heterocycles. The third-order valence-electron chi connectivity index (χ3n) is 2.82. The van der Waals surface area contributed by atoms with Crippen LogP contribution >= 0.6 is 23.4 Å². The fourth-order valence-electron chi connectivity index (χ4n) is 1.78. The maximum Gasteiger partial charge on any atom is 0.283 e. The van der Waals surface area contributed by atoms with Gasteiger partial charge in [-0.05, 0) is 30.7 Å². The van der Waals surface area contributed by atoms with Crippen LogP contribution in [0.15, 0.2) is 47.4 Å². The third kappa shape index (κ3) is 4.22. The number of carbonyl (C=O) groups excluding carboxylic acids is 1. The SMILES string of the molecule is Cc1ccc(SCC(=O)Nc2ccccc2Cl)c([N+](=O)[O-])c1. The van der Waals surface area contributed by atoms with Gasteiger partial charge >= 0.3 is 0 Å². The van der Waals surface area contributed by atoms with Crippen molar-refractivity contribution in [3.63, 3.8) is 0 Å². The molecule has 0 aromatic heterocycles. The highest BCUT2D eigenvalue weighted by Crippen LogP contribution is 2.30. The van der Waals surface area contributed by atoms with Crippen LogP contribution in [-0.4, -0.2) is 16.6 Å². The number of halogens is 1. The smallest absolute Gasteiger partial charge is 0.283 e. The average molecular weight is 337 g/mol. The van der Waals surface area contributed by atoms with Crippen molar-refractivity contribution in [3.8, 4) is 0 Å².